The van der Waals surface area contributed by atoms with E-state index in [1.165, 1.54) is 0 Å². The number of amides is 1. The predicted octanol–water partition coefficient (Wildman–Crippen LogP) is 2.58. The molecule has 1 amide bonds. The van der Waals surface area contributed by atoms with Crippen LogP contribution in [0.1, 0.15) is 13.8 Å². The molecule has 1 aromatic heterocycles. The Morgan fingerprint density at radius 2 is 1.94 bits per heavy atom. The standard InChI is InChI=1S/C12H13BrN4O/c1-12(2,13)10(18)15-11-14-9(16-17-11)8-6-4-3-5-7-8/h3-7H,1-2H3,(H2,14,15,16,17,18). The largest absolute Gasteiger partial charge is 0.307 e. The maximum atomic E-state index is 11.7. The topological polar surface area (TPSA) is 70.7 Å². The summed E-state index contributed by atoms with van der Waals surface area (Å²) >= 11 is 3.28. The van der Waals surface area contributed by atoms with Crippen LogP contribution in [0, 0.1) is 0 Å². The molecule has 0 aliphatic heterocycles. The zero-order chi connectivity index (χ0) is 13.2. The number of anilines is 1. The van der Waals surface area contributed by atoms with E-state index in [4.69, 9.17) is 0 Å². The molecule has 2 aromatic rings. The first kappa shape index (κ1) is 12.8. The Kier molecular flexibility index (Phi) is 3.47. The third-order valence-electron chi connectivity index (χ3n) is 2.31. The minimum Gasteiger partial charge on any atom is -0.307 e. The van der Waals surface area contributed by atoms with Crippen molar-refractivity contribution in [3.8, 4) is 11.4 Å². The van der Waals surface area contributed by atoms with Crippen LogP contribution in [0.2, 0.25) is 0 Å². The lowest BCUT2D eigenvalue weighted by Gasteiger charge is -2.13. The summed E-state index contributed by atoms with van der Waals surface area (Å²) in [6, 6.07) is 9.59. The summed E-state index contributed by atoms with van der Waals surface area (Å²) in [6.07, 6.45) is 0. The molecule has 1 heterocycles. The average molecular weight is 309 g/mol. The molecule has 0 fully saturated rings. The van der Waals surface area contributed by atoms with Crippen LogP contribution >= 0.6 is 15.9 Å². The first-order valence-electron chi connectivity index (χ1n) is 5.45. The predicted molar refractivity (Wildman–Crippen MR) is 73.5 cm³/mol. The molecular weight excluding hydrogens is 296 g/mol. The number of halogens is 1. The van der Waals surface area contributed by atoms with Gasteiger partial charge in [0.15, 0.2) is 5.82 Å². The van der Waals surface area contributed by atoms with Crippen LogP contribution < -0.4 is 5.32 Å². The van der Waals surface area contributed by atoms with E-state index < -0.39 is 4.32 Å². The number of aromatic amines is 1. The van der Waals surface area contributed by atoms with Gasteiger partial charge < -0.3 is 4.98 Å². The van der Waals surface area contributed by atoms with Gasteiger partial charge in [-0.2, -0.15) is 0 Å². The number of hydrogen-bond acceptors (Lipinski definition) is 3. The number of hydrogen-bond donors (Lipinski definition) is 2. The number of rotatable bonds is 3. The van der Waals surface area contributed by atoms with Crippen LogP contribution in [0.15, 0.2) is 30.3 Å². The number of carbonyl (C=O) groups is 1. The van der Waals surface area contributed by atoms with Gasteiger partial charge in [-0.25, -0.2) is 0 Å². The molecule has 2 N–H and O–H groups in total. The lowest BCUT2D eigenvalue weighted by atomic mass is 10.2. The molecule has 0 spiro atoms. The average Bonchev–Trinajstić information content (AvgIpc) is 2.77. The summed E-state index contributed by atoms with van der Waals surface area (Å²) in [5, 5.41) is 10.5. The van der Waals surface area contributed by atoms with Crippen LogP contribution in [0.5, 0.6) is 0 Å². The van der Waals surface area contributed by atoms with Gasteiger partial charge in [-0.1, -0.05) is 46.3 Å². The number of alkyl halides is 1. The van der Waals surface area contributed by atoms with Crippen molar-refractivity contribution in [2.24, 2.45) is 0 Å². The van der Waals surface area contributed by atoms with Crippen LogP contribution in [0.4, 0.5) is 5.95 Å². The van der Waals surface area contributed by atoms with Crippen molar-refractivity contribution in [2.75, 3.05) is 5.32 Å². The second kappa shape index (κ2) is 4.89. The SMILES string of the molecule is CC(C)(Br)C(=O)Nc1nnc(-c2ccccc2)[nH]1. The summed E-state index contributed by atoms with van der Waals surface area (Å²) in [5.74, 6) is 0.780. The molecule has 0 aliphatic carbocycles. The highest BCUT2D eigenvalue weighted by molar-refractivity contribution is 9.10. The molecule has 5 nitrogen and oxygen atoms in total. The Morgan fingerprint density at radius 1 is 1.28 bits per heavy atom. The van der Waals surface area contributed by atoms with Crippen LogP contribution in [-0.2, 0) is 4.79 Å². The van der Waals surface area contributed by atoms with Crippen molar-refractivity contribution in [3.05, 3.63) is 30.3 Å². The summed E-state index contributed by atoms with van der Waals surface area (Å²) in [6.45, 7) is 3.52. The molecule has 6 heteroatoms. The van der Waals surface area contributed by atoms with E-state index in [1.807, 2.05) is 30.3 Å². The fourth-order valence-electron chi connectivity index (χ4n) is 1.30. The summed E-state index contributed by atoms with van der Waals surface area (Å²) in [5.41, 5.74) is 0.920. The normalized spacial score (nSPS) is 11.3. The third kappa shape index (κ3) is 2.95. The minimum absolute atomic E-state index is 0.182. The van der Waals surface area contributed by atoms with Gasteiger partial charge in [0.05, 0.1) is 4.32 Å². The molecule has 0 bridgehead atoms. The van der Waals surface area contributed by atoms with Gasteiger partial charge >= 0.3 is 0 Å². The van der Waals surface area contributed by atoms with Gasteiger partial charge in [0.2, 0.25) is 11.9 Å². The fraction of sp³-hybridized carbons (Fsp3) is 0.250. The molecule has 94 valence electrons. The second-order valence-electron chi connectivity index (χ2n) is 4.31. The zero-order valence-corrected chi connectivity index (χ0v) is 11.7. The highest BCUT2D eigenvalue weighted by atomic mass is 79.9. The molecule has 0 atom stereocenters. The fourth-order valence-corrected chi connectivity index (χ4v) is 1.40. The Labute approximate surface area is 113 Å². The summed E-state index contributed by atoms with van der Waals surface area (Å²) < 4.78 is -0.646. The molecule has 0 radical (unpaired) electrons. The van der Waals surface area contributed by atoms with Crippen LogP contribution in [0.3, 0.4) is 0 Å². The monoisotopic (exact) mass is 308 g/mol. The third-order valence-corrected chi connectivity index (χ3v) is 2.67. The van der Waals surface area contributed by atoms with Gasteiger partial charge in [-0.3, -0.25) is 10.1 Å². The summed E-state index contributed by atoms with van der Waals surface area (Å²) in [7, 11) is 0. The van der Waals surface area contributed by atoms with E-state index >= 15 is 0 Å². The van der Waals surface area contributed by atoms with Gasteiger partial charge in [-0.05, 0) is 13.8 Å². The first-order chi connectivity index (χ1) is 8.47. The molecule has 0 saturated heterocycles. The van der Waals surface area contributed by atoms with Crippen molar-refractivity contribution in [2.45, 2.75) is 18.2 Å². The van der Waals surface area contributed by atoms with Gasteiger partial charge in [0.1, 0.15) is 0 Å². The first-order valence-corrected chi connectivity index (χ1v) is 6.24. The maximum Gasteiger partial charge on any atom is 0.243 e. The number of nitrogens with one attached hydrogen (secondary N) is 2. The molecule has 0 unspecified atom stereocenters. The number of benzene rings is 1. The zero-order valence-electron chi connectivity index (χ0n) is 10.1. The van der Waals surface area contributed by atoms with Crippen molar-refractivity contribution in [3.63, 3.8) is 0 Å². The van der Waals surface area contributed by atoms with Gasteiger partial charge in [-0.15, -0.1) is 10.2 Å². The Morgan fingerprint density at radius 3 is 2.56 bits per heavy atom. The van der Waals surface area contributed by atoms with Crippen molar-refractivity contribution >= 4 is 27.8 Å². The quantitative estimate of drug-likeness (QED) is 0.856. The Balaban J connectivity index is 2.15. The molecule has 2 rings (SSSR count). The second-order valence-corrected chi connectivity index (χ2v) is 6.30. The van der Waals surface area contributed by atoms with Crippen molar-refractivity contribution in [1.82, 2.24) is 15.2 Å². The molecule has 0 saturated carbocycles. The smallest absolute Gasteiger partial charge is 0.243 e. The lowest BCUT2D eigenvalue weighted by Crippen LogP contribution is -2.31. The Bertz CT molecular complexity index is 545. The van der Waals surface area contributed by atoms with E-state index in [0.717, 1.165) is 5.56 Å². The minimum atomic E-state index is -0.646. The Hall–Kier alpha value is -1.69. The molecule has 1 aromatic carbocycles. The van der Waals surface area contributed by atoms with E-state index in [1.54, 1.807) is 13.8 Å². The number of H-pyrrole nitrogens is 1. The van der Waals surface area contributed by atoms with E-state index in [0.29, 0.717) is 11.8 Å². The number of nitrogens with zero attached hydrogens (tertiary/aromatic N) is 2. The summed E-state index contributed by atoms with van der Waals surface area (Å²) in [4.78, 5) is 14.7. The lowest BCUT2D eigenvalue weighted by molar-refractivity contribution is -0.117. The van der Waals surface area contributed by atoms with Gasteiger partial charge in [0.25, 0.3) is 0 Å². The molecule has 0 aliphatic rings. The number of carbonyl (C=O) groups excluding carboxylic acids is 1. The highest BCUT2D eigenvalue weighted by Gasteiger charge is 2.24. The maximum absolute atomic E-state index is 11.7. The molecule has 18 heavy (non-hydrogen) atoms. The van der Waals surface area contributed by atoms with E-state index in [2.05, 4.69) is 36.4 Å². The molecular formula is C12H13BrN4O. The number of aromatic nitrogens is 3. The van der Waals surface area contributed by atoms with Crippen LogP contribution in [0.25, 0.3) is 11.4 Å². The van der Waals surface area contributed by atoms with Crippen LogP contribution in [-0.4, -0.2) is 25.4 Å². The highest BCUT2D eigenvalue weighted by Crippen LogP contribution is 2.19. The van der Waals surface area contributed by atoms with Gasteiger partial charge in [0, 0.05) is 5.56 Å². The van der Waals surface area contributed by atoms with Crippen molar-refractivity contribution < 1.29 is 4.79 Å². The van der Waals surface area contributed by atoms with Crippen molar-refractivity contribution in [1.29, 1.82) is 0 Å². The van der Waals surface area contributed by atoms with E-state index in [-0.39, 0.29) is 5.91 Å². The van der Waals surface area contributed by atoms with E-state index in [9.17, 15) is 4.79 Å².